The molecular formula is C22H26N6O2. The van der Waals surface area contributed by atoms with Crippen molar-refractivity contribution in [1.29, 1.82) is 0 Å². The minimum Gasteiger partial charge on any atom is -0.395 e. The molecule has 2 aliphatic rings. The number of rotatable bonds is 5. The molecule has 1 saturated carbocycles. The van der Waals surface area contributed by atoms with E-state index < -0.39 is 11.9 Å². The molecule has 1 aliphatic carbocycles. The number of carbonyl (C=O) groups excluding carboxylic acids is 2. The highest BCUT2D eigenvalue weighted by Gasteiger charge is 2.25. The summed E-state index contributed by atoms with van der Waals surface area (Å²) in [6, 6.07) is 7.66. The van der Waals surface area contributed by atoms with Crippen LogP contribution < -0.4 is 21.7 Å². The maximum atomic E-state index is 12.6. The summed E-state index contributed by atoms with van der Waals surface area (Å²) >= 11 is 0. The number of benzene rings is 1. The van der Waals surface area contributed by atoms with E-state index in [1.807, 2.05) is 37.4 Å². The average molecular weight is 406 g/mol. The molecule has 0 radical (unpaired) electrons. The molecule has 2 aromatic rings. The van der Waals surface area contributed by atoms with Gasteiger partial charge in [0.1, 0.15) is 5.70 Å². The van der Waals surface area contributed by atoms with E-state index in [0.29, 0.717) is 6.04 Å². The quantitative estimate of drug-likeness (QED) is 0.611. The van der Waals surface area contributed by atoms with Gasteiger partial charge in [0.25, 0.3) is 5.91 Å². The molecule has 0 bridgehead atoms. The number of nitrogens with two attached hydrogens (primary N) is 1. The number of nitrogens with one attached hydrogen (secondary N) is 3. The first kappa shape index (κ1) is 19.8. The minimum absolute atomic E-state index is 0.00425. The molecule has 2 heterocycles. The topological polar surface area (TPSA) is 114 Å². The molecule has 1 atom stereocenters. The summed E-state index contributed by atoms with van der Waals surface area (Å²) in [4.78, 5) is 24.3. The average Bonchev–Trinajstić information content (AvgIpc) is 3.42. The van der Waals surface area contributed by atoms with E-state index in [0.717, 1.165) is 16.7 Å². The van der Waals surface area contributed by atoms with Crippen molar-refractivity contribution in [2.45, 2.75) is 44.7 Å². The second-order valence-corrected chi connectivity index (χ2v) is 7.81. The van der Waals surface area contributed by atoms with E-state index in [1.165, 1.54) is 25.7 Å². The van der Waals surface area contributed by atoms with Gasteiger partial charge in [-0.2, -0.15) is 5.10 Å². The Hall–Kier alpha value is -3.55. The van der Waals surface area contributed by atoms with Gasteiger partial charge < -0.3 is 21.7 Å². The fourth-order valence-corrected chi connectivity index (χ4v) is 3.94. The molecule has 3 amide bonds. The lowest BCUT2D eigenvalue weighted by atomic mass is 10.0. The number of aromatic nitrogens is 2. The molecule has 8 heteroatoms. The Balaban J connectivity index is 1.49. The lowest BCUT2D eigenvalue weighted by Crippen LogP contribution is -2.47. The SMILES string of the molecule is C=C1NC(=O)NC(C(=O)N[C@H](C)c2cccc(-c3cnn(C4CCCC4)c3)c2)=C1N. The summed E-state index contributed by atoms with van der Waals surface area (Å²) in [6.07, 6.45) is 8.88. The number of carbonyl (C=O) groups is 2. The second kappa shape index (κ2) is 8.06. The molecule has 0 saturated heterocycles. The zero-order valence-electron chi connectivity index (χ0n) is 16.9. The van der Waals surface area contributed by atoms with Gasteiger partial charge in [-0.3, -0.25) is 9.48 Å². The van der Waals surface area contributed by atoms with E-state index >= 15 is 0 Å². The number of amides is 3. The summed E-state index contributed by atoms with van der Waals surface area (Å²) in [6.45, 7) is 5.53. The van der Waals surface area contributed by atoms with Crippen LogP contribution in [0.15, 0.2) is 60.3 Å². The van der Waals surface area contributed by atoms with Gasteiger partial charge in [0.15, 0.2) is 0 Å². The smallest absolute Gasteiger partial charge is 0.323 e. The first-order valence-electron chi connectivity index (χ1n) is 10.1. The van der Waals surface area contributed by atoms with Gasteiger partial charge in [0, 0.05) is 11.8 Å². The molecule has 1 aromatic carbocycles. The van der Waals surface area contributed by atoms with Crippen LogP contribution in [0.3, 0.4) is 0 Å². The van der Waals surface area contributed by atoms with Gasteiger partial charge in [-0.25, -0.2) is 4.79 Å². The van der Waals surface area contributed by atoms with Gasteiger partial charge >= 0.3 is 6.03 Å². The van der Waals surface area contributed by atoms with E-state index in [9.17, 15) is 9.59 Å². The molecule has 1 fully saturated rings. The van der Waals surface area contributed by atoms with E-state index in [1.54, 1.807) is 0 Å². The normalized spacial score (nSPS) is 18.2. The van der Waals surface area contributed by atoms with Gasteiger partial charge in [-0.15, -0.1) is 0 Å². The highest BCUT2D eigenvalue weighted by Crippen LogP contribution is 2.31. The Kier molecular flexibility index (Phi) is 5.31. The Morgan fingerprint density at radius 3 is 2.83 bits per heavy atom. The summed E-state index contributed by atoms with van der Waals surface area (Å²) < 4.78 is 2.07. The van der Waals surface area contributed by atoms with Crippen LogP contribution in [0, 0.1) is 0 Å². The van der Waals surface area contributed by atoms with Crippen molar-refractivity contribution in [3.8, 4) is 11.1 Å². The van der Waals surface area contributed by atoms with Crippen molar-refractivity contribution in [2.75, 3.05) is 0 Å². The second-order valence-electron chi connectivity index (χ2n) is 7.81. The van der Waals surface area contributed by atoms with Crippen molar-refractivity contribution >= 4 is 11.9 Å². The van der Waals surface area contributed by atoms with Crippen LogP contribution in [0.4, 0.5) is 4.79 Å². The predicted octanol–water partition coefficient (Wildman–Crippen LogP) is 2.84. The molecular weight excluding hydrogens is 380 g/mol. The highest BCUT2D eigenvalue weighted by molar-refractivity contribution is 6.00. The van der Waals surface area contributed by atoms with Crippen molar-refractivity contribution in [3.63, 3.8) is 0 Å². The number of urea groups is 1. The van der Waals surface area contributed by atoms with Gasteiger partial charge in [-0.05, 0) is 37.0 Å². The van der Waals surface area contributed by atoms with Crippen LogP contribution >= 0.6 is 0 Å². The Morgan fingerprint density at radius 1 is 1.30 bits per heavy atom. The van der Waals surface area contributed by atoms with E-state index in [2.05, 4.69) is 38.5 Å². The van der Waals surface area contributed by atoms with Crippen molar-refractivity contribution in [1.82, 2.24) is 25.7 Å². The van der Waals surface area contributed by atoms with E-state index in [-0.39, 0.29) is 23.1 Å². The van der Waals surface area contributed by atoms with Gasteiger partial charge in [0.05, 0.1) is 29.7 Å². The molecule has 1 aliphatic heterocycles. The zero-order chi connectivity index (χ0) is 21.3. The van der Waals surface area contributed by atoms with Crippen LogP contribution in [0.5, 0.6) is 0 Å². The number of hydrogen-bond donors (Lipinski definition) is 4. The maximum absolute atomic E-state index is 12.6. The Labute approximate surface area is 175 Å². The summed E-state index contributed by atoms with van der Waals surface area (Å²) in [5.74, 6) is -0.463. The minimum atomic E-state index is -0.534. The van der Waals surface area contributed by atoms with Crippen molar-refractivity contribution < 1.29 is 9.59 Å². The first-order valence-corrected chi connectivity index (χ1v) is 10.1. The van der Waals surface area contributed by atoms with Crippen LogP contribution in [0.25, 0.3) is 11.1 Å². The third-order valence-corrected chi connectivity index (χ3v) is 5.69. The number of hydrogen-bond acceptors (Lipinski definition) is 4. The molecule has 4 rings (SSSR count). The fraction of sp³-hybridized carbons (Fsp3) is 0.318. The van der Waals surface area contributed by atoms with Crippen LogP contribution in [-0.2, 0) is 4.79 Å². The Bertz CT molecular complexity index is 1030. The summed E-state index contributed by atoms with van der Waals surface area (Å²) in [5, 5.41) is 12.3. The maximum Gasteiger partial charge on any atom is 0.323 e. The third kappa shape index (κ3) is 3.94. The molecule has 30 heavy (non-hydrogen) atoms. The first-order chi connectivity index (χ1) is 14.4. The lowest BCUT2D eigenvalue weighted by Gasteiger charge is -2.22. The highest BCUT2D eigenvalue weighted by atomic mass is 16.2. The molecule has 1 aromatic heterocycles. The monoisotopic (exact) mass is 406 g/mol. The summed E-state index contributed by atoms with van der Waals surface area (Å²) in [5.41, 5.74) is 9.25. The van der Waals surface area contributed by atoms with Crippen molar-refractivity contribution in [3.05, 3.63) is 65.9 Å². The third-order valence-electron chi connectivity index (χ3n) is 5.69. The van der Waals surface area contributed by atoms with Crippen LogP contribution in [0.2, 0.25) is 0 Å². The zero-order valence-corrected chi connectivity index (χ0v) is 16.9. The fourth-order valence-electron chi connectivity index (χ4n) is 3.94. The molecule has 0 unspecified atom stereocenters. The lowest BCUT2D eigenvalue weighted by molar-refractivity contribution is -0.118. The standard InChI is InChI=1S/C22H26N6O2/c1-13(25-21(29)20-19(23)14(2)26-22(30)27-20)15-6-5-7-16(10-15)17-11-24-28(12-17)18-8-3-4-9-18/h5-7,10-13,18H,2-4,8-9,23H2,1H3,(H,25,29)(H2,26,27,30)/t13-/m1/s1. The predicted molar refractivity (Wildman–Crippen MR) is 114 cm³/mol. The summed E-state index contributed by atoms with van der Waals surface area (Å²) in [7, 11) is 0. The van der Waals surface area contributed by atoms with Gasteiger partial charge in [0.2, 0.25) is 0 Å². The molecule has 5 N–H and O–H groups in total. The molecule has 156 valence electrons. The van der Waals surface area contributed by atoms with Crippen molar-refractivity contribution in [2.24, 2.45) is 5.73 Å². The van der Waals surface area contributed by atoms with Crippen LogP contribution in [0.1, 0.15) is 50.3 Å². The van der Waals surface area contributed by atoms with Gasteiger partial charge in [-0.1, -0.05) is 37.6 Å². The van der Waals surface area contributed by atoms with E-state index in [4.69, 9.17) is 5.73 Å². The molecule has 8 nitrogen and oxygen atoms in total. The number of nitrogens with zero attached hydrogens (tertiary/aromatic N) is 2. The molecule has 0 spiro atoms. The largest absolute Gasteiger partial charge is 0.395 e. The Morgan fingerprint density at radius 2 is 2.07 bits per heavy atom. The van der Waals surface area contributed by atoms with Crippen LogP contribution in [-0.4, -0.2) is 21.7 Å².